The van der Waals surface area contributed by atoms with Crippen LogP contribution in [0.15, 0.2) is 33.5 Å². The number of fused-ring (bicyclic) bond motifs is 3. The molecule has 2 unspecified atom stereocenters. The number of benzene rings is 1. The van der Waals surface area contributed by atoms with Crippen molar-refractivity contribution in [3.63, 3.8) is 0 Å². The van der Waals surface area contributed by atoms with Crippen molar-refractivity contribution in [3.8, 4) is 5.75 Å². The summed E-state index contributed by atoms with van der Waals surface area (Å²) in [6, 6.07) is 6.30. The number of hydrogen-bond donors (Lipinski definition) is 2. The van der Waals surface area contributed by atoms with E-state index in [1.54, 1.807) is 39.0 Å². The lowest BCUT2D eigenvalue weighted by atomic mass is 9.66. The highest BCUT2D eigenvalue weighted by Gasteiger charge is 2.75. The molecule has 1 aliphatic heterocycles. The van der Waals surface area contributed by atoms with Gasteiger partial charge >= 0.3 is 11.6 Å². The minimum atomic E-state index is -1.38. The largest absolute Gasteiger partial charge is 0.494 e. The van der Waals surface area contributed by atoms with Gasteiger partial charge in [0.2, 0.25) is 0 Å². The van der Waals surface area contributed by atoms with Crippen molar-refractivity contribution in [2.75, 3.05) is 6.61 Å². The van der Waals surface area contributed by atoms with E-state index in [0.29, 0.717) is 30.6 Å². The van der Waals surface area contributed by atoms with Gasteiger partial charge in [0.25, 0.3) is 11.8 Å². The molecule has 2 fully saturated rings. The molecule has 9 heteroatoms. The van der Waals surface area contributed by atoms with Crippen LogP contribution < -0.4 is 21.2 Å². The molecule has 2 aromatic rings. The number of hydrazine groups is 1. The molecule has 1 saturated carbocycles. The molecule has 2 bridgehead atoms. The third-order valence-electron chi connectivity index (χ3n) is 7.00. The van der Waals surface area contributed by atoms with Crippen LogP contribution in [-0.2, 0) is 14.3 Å². The van der Waals surface area contributed by atoms with E-state index in [2.05, 4.69) is 10.9 Å². The second-order valence-corrected chi connectivity index (χ2v) is 8.66. The monoisotopic (exact) mass is 428 g/mol. The lowest BCUT2D eigenvalue weighted by Crippen LogP contribution is -2.57. The maximum atomic E-state index is 12.9. The second kappa shape index (κ2) is 6.83. The van der Waals surface area contributed by atoms with E-state index in [4.69, 9.17) is 13.9 Å². The predicted molar refractivity (Wildman–Crippen MR) is 109 cm³/mol. The van der Waals surface area contributed by atoms with Crippen LogP contribution in [0.2, 0.25) is 0 Å². The average Bonchev–Trinajstić information content (AvgIpc) is 3.01. The number of carbonyl (C=O) groups is 3. The molecule has 1 aromatic carbocycles. The van der Waals surface area contributed by atoms with Crippen LogP contribution in [0.3, 0.4) is 0 Å². The Hall–Kier alpha value is -3.36. The van der Waals surface area contributed by atoms with Crippen LogP contribution in [0.25, 0.3) is 11.0 Å². The zero-order valence-corrected chi connectivity index (χ0v) is 17.8. The van der Waals surface area contributed by atoms with Gasteiger partial charge in [0.15, 0.2) is 5.60 Å². The molecule has 2 N–H and O–H groups in total. The van der Waals surface area contributed by atoms with Gasteiger partial charge in [0.05, 0.1) is 12.0 Å². The molecule has 2 heterocycles. The van der Waals surface area contributed by atoms with Gasteiger partial charge in [-0.3, -0.25) is 25.2 Å². The predicted octanol–water partition coefficient (Wildman–Crippen LogP) is 2.07. The third kappa shape index (κ3) is 2.83. The Bertz CT molecular complexity index is 1170. The number of hydrogen-bond acceptors (Lipinski definition) is 7. The Morgan fingerprint density at radius 2 is 1.84 bits per heavy atom. The van der Waals surface area contributed by atoms with Crippen molar-refractivity contribution in [1.82, 2.24) is 10.9 Å². The van der Waals surface area contributed by atoms with Gasteiger partial charge in [-0.2, -0.15) is 0 Å². The number of ether oxygens (including phenoxy) is 2. The standard InChI is InChI=1S/C22H24N2O7/c1-5-29-13-7-6-12-10-14(17(26)30-15(12)11-13)16(25)23-24-18(27)22-9-8-21(4,19(28)31-22)20(22,2)3/h6-7,10-11H,5,8-9H2,1-4H3,(H,23,25)(H,24,27). The van der Waals surface area contributed by atoms with Gasteiger partial charge in [-0.25, -0.2) is 4.79 Å². The van der Waals surface area contributed by atoms with Crippen molar-refractivity contribution in [2.45, 2.75) is 46.1 Å². The molecule has 0 spiro atoms. The van der Waals surface area contributed by atoms with Gasteiger partial charge in [0.1, 0.15) is 16.9 Å². The number of esters is 1. The molecule has 1 aliphatic carbocycles. The summed E-state index contributed by atoms with van der Waals surface area (Å²) in [5.41, 5.74) is 0.808. The lowest BCUT2D eigenvalue weighted by Gasteiger charge is -2.35. The van der Waals surface area contributed by atoms with Crippen molar-refractivity contribution in [3.05, 3.63) is 40.2 Å². The number of carbonyl (C=O) groups excluding carboxylic acids is 3. The maximum absolute atomic E-state index is 12.9. The van der Waals surface area contributed by atoms with Crippen LogP contribution >= 0.6 is 0 Å². The molecule has 2 amide bonds. The SMILES string of the molecule is CCOc1ccc2cc(C(=O)NNC(=O)C34CCC(C)(C(=O)O3)C4(C)C)c(=O)oc2c1. The maximum Gasteiger partial charge on any atom is 0.349 e. The molecular weight excluding hydrogens is 404 g/mol. The first kappa shape index (κ1) is 20.9. The molecule has 1 saturated heterocycles. The van der Waals surface area contributed by atoms with E-state index >= 15 is 0 Å². The number of rotatable bonds is 4. The molecule has 2 atom stereocenters. The van der Waals surface area contributed by atoms with Gasteiger partial charge in [0, 0.05) is 16.9 Å². The van der Waals surface area contributed by atoms with Gasteiger partial charge in [-0.1, -0.05) is 13.8 Å². The molecule has 4 rings (SSSR count). The van der Waals surface area contributed by atoms with Crippen LogP contribution in [0.4, 0.5) is 0 Å². The lowest BCUT2D eigenvalue weighted by molar-refractivity contribution is -0.168. The zero-order chi connectivity index (χ0) is 22.6. The zero-order valence-electron chi connectivity index (χ0n) is 17.8. The number of amides is 2. The second-order valence-electron chi connectivity index (χ2n) is 8.66. The summed E-state index contributed by atoms with van der Waals surface area (Å²) in [5, 5.41) is 0.524. The van der Waals surface area contributed by atoms with Gasteiger partial charge < -0.3 is 13.9 Å². The highest BCUT2D eigenvalue weighted by molar-refractivity contribution is 6.00. The fourth-order valence-corrected chi connectivity index (χ4v) is 4.54. The average molecular weight is 428 g/mol. The van der Waals surface area contributed by atoms with Crippen molar-refractivity contribution >= 4 is 28.8 Å². The van der Waals surface area contributed by atoms with Crippen LogP contribution in [-0.4, -0.2) is 30.0 Å². The summed E-state index contributed by atoms with van der Waals surface area (Å²) in [5.74, 6) is -1.35. The van der Waals surface area contributed by atoms with E-state index < -0.39 is 39.8 Å². The first-order valence-corrected chi connectivity index (χ1v) is 10.1. The van der Waals surface area contributed by atoms with Crippen molar-refractivity contribution < 1.29 is 28.3 Å². The van der Waals surface area contributed by atoms with E-state index in [0.717, 1.165) is 0 Å². The molecular formula is C22H24N2O7. The summed E-state index contributed by atoms with van der Waals surface area (Å²) in [6.45, 7) is 7.69. The van der Waals surface area contributed by atoms with E-state index in [-0.39, 0.29) is 11.1 Å². The molecule has 0 radical (unpaired) electrons. The molecule has 31 heavy (non-hydrogen) atoms. The summed E-state index contributed by atoms with van der Waals surface area (Å²) in [7, 11) is 0. The van der Waals surface area contributed by atoms with Crippen LogP contribution in [0.5, 0.6) is 5.75 Å². The molecule has 9 nitrogen and oxygen atoms in total. The fraction of sp³-hybridized carbons (Fsp3) is 0.455. The topological polar surface area (TPSA) is 124 Å². The highest BCUT2D eigenvalue weighted by atomic mass is 16.6. The third-order valence-corrected chi connectivity index (χ3v) is 7.00. The van der Waals surface area contributed by atoms with Crippen molar-refractivity contribution in [2.24, 2.45) is 10.8 Å². The minimum Gasteiger partial charge on any atom is -0.494 e. The van der Waals surface area contributed by atoms with Crippen molar-refractivity contribution in [1.29, 1.82) is 0 Å². The Morgan fingerprint density at radius 3 is 2.45 bits per heavy atom. The quantitative estimate of drug-likeness (QED) is 0.434. The van der Waals surface area contributed by atoms with E-state index in [1.807, 2.05) is 6.92 Å². The molecule has 2 aliphatic rings. The van der Waals surface area contributed by atoms with Crippen LogP contribution in [0, 0.1) is 10.8 Å². The molecule has 1 aromatic heterocycles. The van der Waals surface area contributed by atoms with E-state index in [9.17, 15) is 19.2 Å². The first-order chi connectivity index (χ1) is 14.6. The fourth-order valence-electron chi connectivity index (χ4n) is 4.54. The summed E-state index contributed by atoms with van der Waals surface area (Å²) in [4.78, 5) is 50.1. The van der Waals surface area contributed by atoms with Crippen LogP contribution in [0.1, 0.15) is 50.9 Å². The number of nitrogens with one attached hydrogen (secondary N) is 2. The molecule has 164 valence electrons. The first-order valence-electron chi connectivity index (χ1n) is 10.1. The Kier molecular flexibility index (Phi) is 4.60. The Balaban J connectivity index is 1.53. The Morgan fingerprint density at radius 1 is 1.10 bits per heavy atom. The Labute approximate surface area is 178 Å². The summed E-state index contributed by atoms with van der Waals surface area (Å²) >= 11 is 0. The smallest absolute Gasteiger partial charge is 0.349 e. The van der Waals surface area contributed by atoms with Gasteiger partial charge in [-0.15, -0.1) is 0 Å². The normalized spacial score (nSPS) is 25.9. The minimum absolute atomic E-state index is 0.270. The summed E-state index contributed by atoms with van der Waals surface area (Å²) in [6.07, 6.45) is 0.864. The summed E-state index contributed by atoms with van der Waals surface area (Å²) < 4.78 is 16.1. The highest BCUT2D eigenvalue weighted by Crippen LogP contribution is 2.65. The van der Waals surface area contributed by atoms with E-state index in [1.165, 1.54) is 6.07 Å². The van der Waals surface area contributed by atoms with Gasteiger partial charge in [-0.05, 0) is 44.9 Å².